The lowest BCUT2D eigenvalue weighted by Crippen LogP contribution is -2.37. The number of phenolic OH excluding ortho intramolecular Hbond substituents is 1. The summed E-state index contributed by atoms with van der Waals surface area (Å²) in [6.07, 6.45) is 3.85. The maximum atomic E-state index is 12.3. The summed E-state index contributed by atoms with van der Waals surface area (Å²) in [7, 11) is 0. The van der Waals surface area contributed by atoms with Crippen molar-refractivity contribution in [3.8, 4) is 5.75 Å². The number of hydrogen-bond acceptors (Lipinski definition) is 5. The van der Waals surface area contributed by atoms with Gasteiger partial charge in [0, 0.05) is 25.9 Å². The predicted octanol–water partition coefficient (Wildman–Crippen LogP) is 2.81. The minimum atomic E-state index is 0.204. The summed E-state index contributed by atoms with van der Waals surface area (Å²) in [5, 5.41) is 13.1. The van der Waals surface area contributed by atoms with Crippen LogP contribution >= 0.6 is 0 Å². The minimum Gasteiger partial charge on any atom is -0.508 e. The number of phenols is 1. The molecular formula is C18H23N3O3. The molecule has 2 aromatic rings. The second-order valence-electron chi connectivity index (χ2n) is 6.34. The molecule has 1 fully saturated rings. The monoisotopic (exact) mass is 329 g/mol. The zero-order chi connectivity index (χ0) is 16.9. The van der Waals surface area contributed by atoms with Gasteiger partial charge in [-0.2, -0.15) is 4.98 Å². The van der Waals surface area contributed by atoms with Crippen LogP contribution in [0.1, 0.15) is 48.9 Å². The summed E-state index contributed by atoms with van der Waals surface area (Å²) in [6, 6.07) is 7.41. The number of benzene rings is 1. The Morgan fingerprint density at radius 3 is 2.62 bits per heavy atom. The summed E-state index contributed by atoms with van der Waals surface area (Å²) in [5.41, 5.74) is 1.24. The number of carbonyl (C=O) groups excluding carboxylic acids is 1. The van der Waals surface area contributed by atoms with Gasteiger partial charge in [0.2, 0.25) is 11.8 Å². The number of aromatic hydroxyl groups is 1. The summed E-state index contributed by atoms with van der Waals surface area (Å²) in [6.45, 7) is 3.38. The summed E-state index contributed by atoms with van der Waals surface area (Å²) < 4.78 is 5.06. The molecule has 6 nitrogen and oxygen atoms in total. The smallest absolute Gasteiger partial charge is 0.226 e. The lowest BCUT2D eigenvalue weighted by Gasteiger charge is -2.32. The second kappa shape index (κ2) is 7.47. The molecule has 24 heavy (non-hydrogen) atoms. The number of piperidine rings is 1. The summed E-state index contributed by atoms with van der Waals surface area (Å²) >= 11 is 0. The topological polar surface area (TPSA) is 79.5 Å². The fourth-order valence-corrected chi connectivity index (χ4v) is 3.20. The fourth-order valence-electron chi connectivity index (χ4n) is 3.20. The van der Waals surface area contributed by atoms with E-state index in [1.54, 1.807) is 19.1 Å². The molecule has 1 aromatic carbocycles. The van der Waals surface area contributed by atoms with Crippen LogP contribution in [0.5, 0.6) is 5.75 Å². The highest BCUT2D eigenvalue weighted by Gasteiger charge is 2.23. The van der Waals surface area contributed by atoms with E-state index in [0.29, 0.717) is 36.2 Å². The first-order valence-electron chi connectivity index (χ1n) is 8.47. The molecule has 1 amide bonds. The average molecular weight is 329 g/mol. The van der Waals surface area contributed by atoms with E-state index in [1.165, 1.54) is 5.56 Å². The molecule has 128 valence electrons. The van der Waals surface area contributed by atoms with Crippen LogP contribution in [0.15, 0.2) is 28.8 Å². The van der Waals surface area contributed by atoms with Crippen LogP contribution in [-0.4, -0.2) is 39.1 Å². The largest absolute Gasteiger partial charge is 0.508 e. The van der Waals surface area contributed by atoms with Crippen molar-refractivity contribution < 1.29 is 14.4 Å². The molecule has 0 unspecified atom stereocenters. The van der Waals surface area contributed by atoms with E-state index in [4.69, 9.17) is 4.52 Å². The Balaban J connectivity index is 1.42. The molecule has 0 aliphatic carbocycles. The highest BCUT2D eigenvalue weighted by Crippen LogP contribution is 2.29. The van der Waals surface area contributed by atoms with E-state index in [9.17, 15) is 9.90 Å². The maximum absolute atomic E-state index is 12.3. The van der Waals surface area contributed by atoms with Gasteiger partial charge in [-0.3, -0.25) is 4.79 Å². The quantitative estimate of drug-likeness (QED) is 0.912. The first-order valence-corrected chi connectivity index (χ1v) is 8.47. The van der Waals surface area contributed by atoms with E-state index < -0.39 is 0 Å². The molecule has 1 aliphatic rings. The number of rotatable bonds is 5. The molecule has 0 atom stereocenters. The zero-order valence-corrected chi connectivity index (χ0v) is 13.9. The number of likely N-dealkylation sites (tertiary alicyclic amines) is 1. The second-order valence-corrected chi connectivity index (χ2v) is 6.34. The van der Waals surface area contributed by atoms with Gasteiger partial charge in [0.15, 0.2) is 5.82 Å². The van der Waals surface area contributed by atoms with Crippen molar-refractivity contribution in [3.63, 3.8) is 0 Å². The van der Waals surface area contributed by atoms with Gasteiger partial charge in [0.25, 0.3) is 0 Å². The molecular weight excluding hydrogens is 306 g/mol. The summed E-state index contributed by atoms with van der Waals surface area (Å²) in [4.78, 5) is 18.4. The van der Waals surface area contributed by atoms with Gasteiger partial charge in [-0.1, -0.05) is 17.3 Å². The first kappa shape index (κ1) is 16.5. The molecule has 0 spiro atoms. The van der Waals surface area contributed by atoms with Crippen LogP contribution in [0.4, 0.5) is 0 Å². The average Bonchev–Trinajstić information content (AvgIpc) is 3.01. The van der Waals surface area contributed by atoms with Gasteiger partial charge in [-0.15, -0.1) is 0 Å². The van der Waals surface area contributed by atoms with Crippen LogP contribution < -0.4 is 0 Å². The Kier molecular flexibility index (Phi) is 5.13. The number of hydrogen-bond donors (Lipinski definition) is 1. The van der Waals surface area contributed by atoms with Crippen LogP contribution in [-0.2, 0) is 11.2 Å². The third kappa shape index (κ3) is 4.13. The Morgan fingerprint density at radius 2 is 2.00 bits per heavy atom. The highest BCUT2D eigenvalue weighted by molar-refractivity contribution is 5.76. The van der Waals surface area contributed by atoms with Crippen molar-refractivity contribution in [1.29, 1.82) is 0 Å². The first-order chi connectivity index (χ1) is 11.6. The Bertz CT molecular complexity index is 673. The lowest BCUT2D eigenvalue weighted by atomic mass is 9.89. The Hall–Kier alpha value is -2.37. The van der Waals surface area contributed by atoms with Crippen molar-refractivity contribution in [2.24, 2.45) is 0 Å². The van der Waals surface area contributed by atoms with E-state index >= 15 is 0 Å². The van der Waals surface area contributed by atoms with Crippen molar-refractivity contribution in [3.05, 3.63) is 41.5 Å². The molecule has 1 aliphatic heterocycles. The van der Waals surface area contributed by atoms with Crippen molar-refractivity contribution in [2.75, 3.05) is 13.1 Å². The van der Waals surface area contributed by atoms with Gasteiger partial charge < -0.3 is 14.5 Å². The molecule has 0 radical (unpaired) electrons. The van der Waals surface area contributed by atoms with Gasteiger partial charge in [-0.25, -0.2) is 0 Å². The zero-order valence-electron chi connectivity index (χ0n) is 13.9. The minimum absolute atomic E-state index is 0.204. The maximum Gasteiger partial charge on any atom is 0.226 e. The van der Waals surface area contributed by atoms with Crippen molar-refractivity contribution in [1.82, 2.24) is 15.0 Å². The van der Waals surface area contributed by atoms with E-state index in [0.717, 1.165) is 32.4 Å². The molecule has 1 saturated heterocycles. The number of carbonyl (C=O) groups is 1. The van der Waals surface area contributed by atoms with E-state index in [-0.39, 0.29) is 5.91 Å². The molecule has 0 saturated carbocycles. The van der Waals surface area contributed by atoms with Gasteiger partial charge in [0.1, 0.15) is 5.75 Å². The van der Waals surface area contributed by atoms with E-state index in [2.05, 4.69) is 10.1 Å². The van der Waals surface area contributed by atoms with Crippen LogP contribution in [0.25, 0.3) is 0 Å². The molecule has 1 aromatic heterocycles. The van der Waals surface area contributed by atoms with Gasteiger partial charge >= 0.3 is 0 Å². The fraction of sp³-hybridized carbons (Fsp3) is 0.500. The number of amides is 1. The van der Waals surface area contributed by atoms with Crippen molar-refractivity contribution in [2.45, 2.75) is 44.9 Å². The highest BCUT2D eigenvalue weighted by atomic mass is 16.5. The van der Waals surface area contributed by atoms with Gasteiger partial charge in [0.05, 0.1) is 0 Å². The van der Waals surface area contributed by atoms with Crippen LogP contribution in [0.2, 0.25) is 0 Å². The van der Waals surface area contributed by atoms with Crippen LogP contribution in [0, 0.1) is 6.92 Å². The number of aromatic nitrogens is 2. The summed E-state index contributed by atoms with van der Waals surface area (Å²) in [5.74, 6) is 2.20. The molecule has 6 heteroatoms. The molecule has 2 heterocycles. The molecule has 0 bridgehead atoms. The molecule has 1 N–H and O–H groups in total. The van der Waals surface area contributed by atoms with E-state index in [1.807, 2.05) is 17.0 Å². The normalized spacial score (nSPS) is 15.6. The predicted molar refractivity (Wildman–Crippen MR) is 88.6 cm³/mol. The number of nitrogens with zero attached hydrogens (tertiary/aromatic N) is 3. The molecule has 3 rings (SSSR count). The van der Waals surface area contributed by atoms with Crippen molar-refractivity contribution >= 4 is 5.91 Å². The Morgan fingerprint density at radius 1 is 1.29 bits per heavy atom. The van der Waals surface area contributed by atoms with Gasteiger partial charge in [-0.05, 0) is 49.8 Å². The van der Waals surface area contributed by atoms with Crippen LogP contribution in [0.3, 0.4) is 0 Å². The SMILES string of the molecule is Cc1noc(CCCC(=O)N2CCC(c3ccc(O)cc3)CC2)n1. The third-order valence-electron chi connectivity index (χ3n) is 4.56. The number of aryl methyl sites for hydroxylation is 2. The Labute approximate surface area is 141 Å². The third-order valence-corrected chi connectivity index (χ3v) is 4.56. The standard InChI is InChI=1S/C18H23N3O3/c1-13-19-17(24-20-13)3-2-4-18(23)21-11-9-15(10-12-21)14-5-7-16(22)8-6-14/h5-8,15,22H,2-4,9-12H2,1H3. The lowest BCUT2D eigenvalue weighted by molar-refractivity contribution is -0.132.